The van der Waals surface area contributed by atoms with Gasteiger partial charge in [0.2, 0.25) is 5.90 Å². The van der Waals surface area contributed by atoms with Gasteiger partial charge in [0.25, 0.3) is 0 Å². The van der Waals surface area contributed by atoms with Gasteiger partial charge < -0.3 is 9.47 Å². The van der Waals surface area contributed by atoms with Gasteiger partial charge >= 0.3 is 11.9 Å². The van der Waals surface area contributed by atoms with E-state index in [2.05, 4.69) is 36.9 Å². The first kappa shape index (κ1) is 21.2. The van der Waals surface area contributed by atoms with Crippen molar-refractivity contribution in [3.05, 3.63) is 104 Å². The highest BCUT2D eigenvalue weighted by Gasteiger charge is 2.25. The van der Waals surface area contributed by atoms with Crippen molar-refractivity contribution in [3.63, 3.8) is 0 Å². The maximum atomic E-state index is 12.5. The van der Waals surface area contributed by atoms with Gasteiger partial charge in [-0.1, -0.05) is 49.6 Å². The first-order valence-corrected chi connectivity index (χ1v) is 10.8. The number of carbonyl (C=O) groups excluding carboxylic acids is 2. The number of hydrogen-bond donors (Lipinski definition) is 0. The van der Waals surface area contributed by atoms with Crippen LogP contribution >= 0.6 is 31.9 Å². The van der Waals surface area contributed by atoms with Gasteiger partial charge in [-0.15, -0.1) is 0 Å². The molecule has 4 rings (SSSR count). The molecule has 3 aromatic carbocycles. The molecule has 7 heteroatoms. The molecule has 0 atom stereocenters. The van der Waals surface area contributed by atoms with Gasteiger partial charge in [0.1, 0.15) is 5.75 Å². The first-order chi connectivity index (χ1) is 14.9. The molecule has 0 radical (unpaired) electrons. The Morgan fingerprint density at radius 1 is 0.968 bits per heavy atom. The summed E-state index contributed by atoms with van der Waals surface area (Å²) in [6, 6.07) is 19.5. The Bertz CT molecular complexity index is 1230. The van der Waals surface area contributed by atoms with E-state index in [1.807, 2.05) is 31.2 Å². The second-order valence-electron chi connectivity index (χ2n) is 6.78. The molecule has 1 heterocycles. The minimum atomic E-state index is -0.569. The minimum absolute atomic E-state index is 0.120. The summed E-state index contributed by atoms with van der Waals surface area (Å²) in [5.74, 6) is -0.539. The molecular weight excluding hydrogens is 526 g/mol. The van der Waals surface area contributed by atoms with Crippen molar-refractivity contribution >= 4 is 55.8 Å². The number of carbonyl (C=O) groups is 2. The zero-order valence-corrected chi connectivity index (χ0v) is 19.4. The summed E-state index contributed by atoms with van der Waals surface area (Å²) in [6.45, 7) is 1.97. The van der Waals surface area contributed by atoms with E-state index in [1.165, 1.54) is 0 Å². The van der Waals surface area contributed by atoms with Crippen molar-refractivity contribution in [1.82, 2.24) is 0 Å². The van der Waals surface area contributed by atoms with Crippen LogP contribution in [-0.2, 0) is 9.53 Å². The quantitative estimate of drug-likeness (QED) is 0.228. The Kier molecular flexibility index (Phi) is 6.15. The minimum Gasteiger partial charge on any atom is -0.422 e. The Hall–Kier alpha value is -3.03. The number of aliphatic imine (C=N–C) groups is 1. The van der Waals surface area contributed by atoms with E-state index < -0.39 is 11.9 Å². The monoisotopic (exact) mass is 539 g/mol. The molecule has 0 N–H and O–H groups in total. The Balaban J connectivity index is 1.64. The smallest absolute Gasteiger partial charge is 0.363 e. The molecule has 5 nitrogen and oxygen atoms in total. The van der Waals surface area contributed by atoms with Crippen molar-refractivity contribution in [3.8, 4) is 5.75 Å². The van der Waals surface area contributed by atoms with Crippen LogP contribution in [0.2, 0.25) is 0 Å². The average molecular weight is 541 g/mol. The molecule has 31 heavy (non-hydrogen) atoms. The fourth-order valence-corrected chi connectivity index (χ4v) is 3.49. The molecule has 0 saturated heterocycles. The zero-order chi connectivity index (χ0) is 22.0. The number of nitrogens with zero attached hydrogens (tertiary/aromatic N) is 1. The van der Waals surface area contributed by atoms with E-state index in [0.717, 1.165) is 14.5 Å². The predicted molar refractivity (Wildman–Crippen MR) is 125 cm³/mol. The van der Waals surface area contributed by atoms with E-state index >= 15 is 0 Å². The number of ether oxygens (including phenoxy) is 2. The van der Waals surface area contributed by atoms with Crippen molar-refractivity contribution < 1.29 is 19.1 Å². The van der Waals surface area contributed by atoms with Crippen LogP contribution in [0, 0.1) is 6.92 Å². The molecule has 0 spiro atoms. The highest BCUT2D eigenvalue weighted by atomic mass is 79.9. The third kappa shape index (κ3) is 5.00. The summed E-state index contributed by atoms with van der Waals surface area (Å²) in [7, 11) is 0. The third-order valence-electron chi connectivity index (χ3n) is 4.47. The summed E-state index contributed by atoms with van der Waals surface area (Å²) in [5.41, 5.74) is 2.84. The largest absolute Gasteiger partial charge is 0.422 e. The normalized spacial score (nSPS) is 14.4. The molecule has 0 saturated carbocycles. The molecule has 1 aliphatic rings. The molecule has 0 aliphatic carbocycles. The fraction of sp³-hybridized carbons (Fsp3) is 0.0417. The molecule has 3 aromatic rings. The van der Waals surface area contributed by atoms with E-state index in [0.29, 0.717) is 22.4 Å². The van der Waals surface area contributed by atoms with E-state index in [4.69, 9.17) is 9.47 Å². The molecule has 154 valence electrons. The molecule has 0 bridgehead atoms. The number of aryl methyl sites for hydroxylation is 1. The lowest BCUT2D eigenvalue weighted by Crippen LogP contribution is -2.09. The number of esters is 2. The molecule has 0 aromatic heterocycles. The number of rotatable bonds is 4. The van der Waals surface area contributed by atoms with Crippen molar-refractivity contribution in [2.24, 2.45) is 4.99 Å². The first-order valence-electron chi connectivity index (χ1n) is 9.26. The van der Waals surface area contributed by atoms with E-state index in [9.17, 15) is 9.59 Å². The summed E-state index contributed by atoms with van der Waals surface area (Å²) in [4.78, 5) is 29.2. The lowest BCUT2D eigenvalue weighted by molar-refractivity contribution is -0.129. The van der Waals surface area contributed by atoms with Crippen LogP contribution < -0.4 is 4.74 Å². The molecular formula is C24H15Br2NO4. The van der Waals surface area contributed by atoms with Gasteiger partial charge in [-0.2, -0.15) is 0 Å². The highest BCUT2D eigenvalue weighted by Crippen LogP contribution is 2.28. The van der Waals surface area contributed by atoms with Gasteiger partial charge in [0.15, 0.2) is 5.70 Å². The lowest BCUT2D eigenvalue weighted by atomic mass is 10.1. The Labute approximate surface area is 195 Å². The van der Waals surface area contributed by atoms with E-state index in [-0.39, 0.29) is 11.6 Å². The maximum absolute atomic E-state index is 12.5. The third-order valence-corrected chi connectivity index (χ3v) is 5.49. The lowest BCUT2D eigenvalue weighted by Gasteiger charge is -2.08. The van der Waals surface area contributed by atoms with Gasteiger partial charge in [0.05, 0.1) is 5.56 Å². The number of benzene rings is 3. The zero-order valence-electron chi connectivity index (χ0n) is 16.3. The second-order valence-corrected chi connectivity index (χ2v) is 8.61. The van der Waals surface area contributed by atoms with Crippen LogP contribution in [0.15, 0.2) is 86.4 Å². The van der Waals surface area contributed by atoms with E-state index in [1.54, 1.807) is 48.5 Å². The van der Waals surface area contributed by atoms with Crippen molar-refractivity contribution in [1.29, 1.82) is 0 Å². The maximum Gasteiger partial charge on any atom is 0.363 e. The summed E-state index contributed by atoms with van der Waals surface area (Å²) in [6.07, 6.45) is 1.54. The molecule has 0 amide bonds. The second kappa shape index (κ2) is 8.99. The van der Waals surface area contributed by atoms with Crippen molar-refractivity contribution in [2.75, 3.05) is 0 Å². The molecule has 1 aliphatic heterocycles. The predicted octanol–water partition coefficient (Wildman–Crippen LogP) is 6.08. The van der Waals surface area contributed by atoms with Crippen LogP contribution in [0.1, 0.15) is 27.0 Å². The molecule has 0 unspecified atom stereocenters. The topological polar surface area (TPSA) is 65.0 Å². The standard InChI is InChI=1S/C24H15Br2NO4/c1-14-2-4-15(5-3-14)22-27-20(24(29)31-22)13-17-12-19(26)10-11-21(17)30-23(28)16-6-8-18(25)9-7-16/h2-13H,1H3/b20-13+. The van der Waals surface area contributed by atoms with Crippen LogP contribution in [0.4, 0.5) is 0 Å². The summed E-state index contributed by atoms with van der Waals surface area (Å²) >= 11 is 6.75. The van der Waals surface area contributed by atoms with Crippen LogP contribution in [0.3, 0.4) is 0 Å². The van der Waals surface area contributed by atoms with Gasteiger partial charge in [-0.25, -0.2) is 14.6 Å². The summed E-state index contributed by atoms with van der Waals surface area (Å²) < 4.78 is 12.5. The van der Waals surface area contributed by atoms with Crippen LogP contribution in [0.5, 0.6) is 5.75 Å². The Morgan fingerprint density at radius 2 is 1.65 bits per heavy atom. The molecule has 0 fully saturated rings. The van der Waals surface area contributed by atoms with Gasteiger partial charge in [0, 0.05) is 20.1 Å². The van der Waals surface area contributed by atoms with Gasteiger partial charge in [-0.3, -0.25) is 0 Å². The number of halogens is 2. The SMILES string of the molecule is Cc1ccc(C2=N/C(=C/c3cc(Br)ccc3OC(=O)c3ccc(Br)cc3)C(=O)O2)cc1. The van der Waals surface area contributed by atoms with Crippen LogP contribution in [0.25, 0.3) is 6.08 Å². The van der Waals surface area contributed by atoms with Crippen LogP contribution in [-0.4, -0.2) is 17.8 Å². The van der Waals surface area contributed by atoms with Crippen molar-refractivity contribution in [2.45, 2.75) is 6.92 Å². The fourth-order valence-electron chi connectivity index (χ4n) is 2.85. The average Bonchev–Trinajstić information content (AvgIpc) is 3.11. The highest BCUT2D eigenvalue weighted by molar-refractivity contribution is 9.10. The Morgan fingerprint density at radius 3 is 2.35 bits per heavy atom. The number of hydrogen-bond acceptors (Lipinski definition) is 5. The van der Waals surface area contributed by atoms with Gasteiger partial charge in [-0.05, 0) is 67.6 Å². The summed E-state index contributed by atoms with van der Waals surface area (Å²) in [5, 5.41) is 0. The number of cyclic esters (lactones) is 1.